The highest BCUT2D eigenvalue weighted by molar-refractivity contribution is 5.05. The largest absolute Gasteiger partial charge is 0.378 e. The van der Waals surface area contributed by atoms with Crippen molar-refractivity contribution < 1.29 is 4.74 Å². The summed E-state index contributed by atoms with van der Waals surface area (Å²) in [4.78, 5) is 0. The van der Waals surface area contributed by atoms with Crippen molar-refractivity contribution in [3.8, 4) is 0 Å². The third-order valence-electron chi connectivity index (χ3n) is 4.00. The molecule has 1 heterocycles. The van der Waals surface area contributed by atoms with Crippen LogP contribution in [0.15, 0.2) is 0 Å². The molecular formula is C13H25NO. The van der Waals surface area contributed by atoms with E-state index in [2.05, 4.69) is 26.1 Å². The molecule has 0 amide bonds. The molecule has 2 fully saturated rings. The van der Waals surface area contributed by atoms with Crippen LogP contribution in [0.3, 0.4) is 0 Å². The van der Waals surface area contributed by atoms with Crippen LogP contribution in [-0.2, 0) is 4.74 Å². The van der Waals surface area contributed by atoms with Gasteiger partial charge in [-0.2, -0.15) is 0 Å². The summed E-state index contributed by atoms with van der Waals surface area (Å²) in [5, 5.41) is 3.59. The van der Waals surface area contributed by atoms with E-state index in [1.54, 1.807) is 0 Å². The van der Waals surface area contributed by atoms with Crippen LogP contribution in [0.25, 0.3) is 0 Å². The lowest BCUT2D eigenvalue weighted by molar-refractivity contribution is -0.00942. The van der Waals surface area contributed by atoms with E-state index in [-0.39, 0.29) is 0 Å². The Morgan fingerprint density at radius 2 is 2.20 bits per heavy atom. The molecule has 88 valence electrons. The molecule has 0 aromatic heterocycles. The SMILES string of the molecule is CC(C)CNCC1CC12CCOC(C)C2. The van der Waals surface area contributed by atoms with Crippen molar-refractivity contribution in [1.29, 1.82) is 0 Å². The second-order valence-electron chi connectivity index (χ2n) is 5.95. The van der Waals surface area contributed by atoms with Crippen LogP contribution in [0.2, 0.25) is 0 Å². The number of hydrogen-bond acceptors (Lipinski definition) is 2. The van der Waals surface area contributed by atoms with Crippen molar-refractivity contribution in [3.63, 3.8) is 0 Å². The van der Waals surface area contributed by atoms with E-state index in [4.69, 9.17) is 4.74 Å². The van der Waals surface area contributed by atoms with Crippen LogP contribution in [0.4, 0.5) is 0 Å². The lowest BCUT2D eigenvalue weighted by Gasteiger charge is -2.28. The van der Waals surface area contributed by atoms with Crippen molar-refractivity contribution in [2.75, 3.05) is 19.7 Å². The molecule has 0 aromatic rings. The van der Waals surface area contributed by atoms with Crippen LogP contribution >= 0.6 is 0 Å². The zero-order valence-corrected chi connectivity index (χ0v) is 10.4. The summed E-state index contributed by atoms with van der Waals surface area (Å²) in [5.41, 5.74) is 0.668. The maximum atomic E-state index is 5.62. The van der Waals surface area contributed by atoms with Gasteiger partial charge in [-0.3, -0.25) is 0 Å². The second-order valence-corrected chi connectivity index (χ2v) is 5.95. The Bertz CT molecular complexity index is 217. The summed E-state index contributed by atoms with van der Waals surface area (Å²) in [6, 6.07) is 0. The predicted molar refractivity (Wildman–Crippen MR) is 62.9 cm³/mol. The monoisotopic (exact) mass is 211 g/mol. The van der Waals surface area contributed by atoms with Crippen LogP contribution in [-0.4, -0.2) is 25.8 Å². The van der Waals surface area contributed by atoms with Crippen molar-refractivity contribution in [3.05, 3.63) is 0 Å². The maximum absolute atomic E-state index is 5.62. The first-order valence-electron chi connectivity index (χ1n) is 6.45. The highest BCUT2D eigenvalue weighted by atomic mass is 16.5. The Balaban J connectivity index is 1.69. The normalized spacial score (nSPS) is 40.0. The molecule has 2 heteroatoms. The molecule has 1 saturated heterocycles. The quantitative estimate of drug-likeness (QED) is 0.771. The first kappa shape index (κ1) is 11.4. The summed E-state index contributed by atoms with van der Waals surface area (Å²) in [6.07, 6.45) is 4.52. The average molecular weight is 211 g/mol. The molecule has 0 bridgehead atoms. The second kappa shape index (κ2) is 4.42. The van der Waals surface area contributed by atoms with Gasteiger partial charge < -0.3 is 10.1 Å². The van der Waals surface area contributed by atoms with Gasteiger partial charge in [0.2, 0.25) is 0 Å². The molecule has 2 rings (SSSR count). The molecule has 1 saturated carbocycles. The zero-order valence-electron chi connectivity index (χ0n) is 10.4. The minimum atomic E-state index is 0.494. The minimum absolute atomic E-state index is 0.494. The highest BCUT2D eigenvalue weighted by Gasteiger charge is 2.54. The first-order chi connectivity index (χ1) is 7.12. The van der Waals surface area contributed by atoms with Gasteiger partial charge in [0.25, 0.3) is 0 Å². The molecule has 0 radical (unpaired) electrons. The van der Waals surface area contributed by atoms with Gasteiger partial charge in [-0.15, -0.1) is 0 Å². The van der Waals surface area contributed by atoms with Crippen LogP contribution in [0.5, 0.6) is 0 Å². The summed E-state index contributed by atoms with van der Waals surface area (Å²) in [5.74, 6) is 1.70. The van der Waals surface area contributed by atoms with Gasteiger partial charge in [-0.05, 0) is 56.5 Å². The van der Waals surface area contributed by atoms with Crippen molar-refractivity contribution >= 4 is 0 Å². The zero-order chi connectivity index (χ0) is 10.9. The maximum Gasteiger partial charge on any atom is 0.0552 e. The lowest BCUT2D eigenvalue weighted by atomic mass is 9.90. The van der Waals surface area contributed by atoms with Crippen LogP contribution < -0.4 is 5.32 Å². The molecule has 2 nitrogen and oxygen atoms in total. The first-order valence-corrected chi connectivity index (χ1v) is 6.45. The highest BCUT2D eigenvalue weighted by Crippen LogP contribution is 2.59. The average Bonchev–Trinajstić information content (AvgIpc) is 2.77. The predicted octanol–water partition coefficient (Wildman–Crippen LogP) is 2.44. The number of hydrogen-bond donors (Lipinski definition) is 1. The van der Waals surface area contributed by atoms with Gasteiger partial charge in [0, 0.05) is 6.61 Å². The fourth-order valence-corrected chi connectivity index (χ4v) is 3.02. The van der Waals surface area contributed by atoms with Gasteiger partial charge in [0.15, 0.2) is 0 Å². The number of rotatable bonds is 4. The minimum Gasteiger partial charge on any atom is -0.378 e. The van der Waals surface area contributed by atoms with E-state index < -0.39 is 0 Å². The third-order valence-corrected chi connectivity index (χ3v) is 4.00. The van der Waals surface area contributed by atoms with Gasteiger partial charge in [-0.25, -0.2) is 0 Å². The van der Waals surface area contributed by atoms with E-state index in [1.165, 1.54) is 32.4 Å². The van der Waals surface area contributed by atoms with E-state index in [9.17, 15) is 0 Å². The Labute approximate surface area is 93.8 Å². The Kier molecular flexibility index (Phi) is 3.36. The molecule has 0 aromatic carbocycles. The molecule has 1 N–H and O–H groups in total. The number of nitrogens with one attached hydrogen (secondary N) is 1. The molecule has 1 spiro atoms. The Morgan fingerprint density at radius 1 is 1.40 bits per heavy atom. The third kappa shape index (κ3) is 2.73. The van der Waals surface area contributed by atoms with Gasteiger partial charge in [0.1, 0.15) is 0 Å². The lowest BCUT2D eigenvalue weighted by Crippen LogP contribution is -2.29. The van der Waals surface area contributed by atoms with Crippen LogP contribution in [0.1, 0.15) is 40.0 Å². The van der Waals surface area contributed by atoms with E-state index in [0.717, 1.165) is 18.4 Å². The van der Waals surface area contributed by atoms with E-state index >= 15 is 0 Å². The fourth-order valence-electron chi connectivity index (χ4n) is 3.02. The van der Waals surface area contributed by atoms with Crippen molar-refractivity contribution in [1.82, 2.24) is 5.32 Å². The smallest absolute Gasteiger partial charge is 0.0552 e. The summed E-state index contributed by atoms with van der Waals surface area (Å²) in [6.45, 7) is 10.1. The molecule has 1 aliphatic heterocycles. The van der Waals surface area contributed by atoms with E-state index in [0.29, 0.717) is 11.5 Å². The summed E-state index contributed by atoms with van der Waals surface area (Å²) >= 11 is 0. The topological polar surface area (TPSA) is 21.3 Å². The van der Waals surface area contributed by atoms with Gasteiger partial charge in [-0.1, -0.05) is 13.8 Å². The van der Waals surface area contributed by atoms with Gasteiger partial charge in [0.05, 0.1) is 6.10 Å². The molecular weight excluding hydrogens is 186 g/mol. The molecule has 2 aliphatic rings. The van der Waals surface area contributed by atoms with Crippen LogP contribution in [0, 0.1) is 17.3 Å². The fraction of sp³-hybridized carbons (Fsp3) is 1.00. The Morgan fingerprint density at radius 3 is 2.87 bits per heavy atom. The molecule has 1 aliphatic carbocycles. The summed E-state index contributed by atoms with van der Waals surface area (Å²) in [7, 11) is 0. The number of ether oxygens (including phenoxy) is 1. The standard InChI is InChI=1S/C13H25NO/c1-10(2)8-14-9-12-7-13(12)4-5-15-11(3)6-13/h10-12,14H,4-9H2,1-3H3. The van der Waals surface area contributed by atoms with E-state index in [1.807, 2.05) is 0 Å². The molecule has 3 unspecified atom stereocenters. The molecule has 3 atom stereocenters. The van der Waals surface area contributed by atoms with Crippen molar-refractivity contribution in [2.45, 2.75) is 46.1 Å². The van der Waals surface area contributed by atoms with Gasteiger partial charge >= 0.3 is 0 Å². The molecule has 15 heavy (non-hydrogen) atoms. The summed E-state index contributed by atoms with van der Waals surface area (Å²) < 4.78 is 5.62. The Hall–Kier alpha value is -0.0800. The van der Waals surface area contributed by atoms with Crippen molar-refractivity contribution in [2.24, 2.45) is 17.3 Å².